The normalized spacial score (nSPS) is 19.1. The van der Waals surface area contributed by atoms with Gasteiger partial charge in [0.2, 0.25) is 0 Å². The Morgan fingerprint density at radius 3 is 2.50 bits per heavy atom. The standard InChI is InChI=1S/C14H18F3N/c15-14(16,17)12-7-3-4-10(8-12)9-13(18)11-5-1-2-6-11/h3-4,7-8,11,13H,1-2,5-6,9,18H2. The largest absolute Gasteiger partial charge is 0.416 e. The molecule has 4 heteroatoms. The molecular formula is C14H18F3N. The van der Waals surface area contributed by atoms with Crippen molar-refractivity contribution in [3.63, 3.8) is 0 Å². The van der Waals surface area contributed by atoms with Crippen LogP contribution in [0.3, 0.4) is 0 Å². The predicted octanol–water partition coefficient (Wildman–Crippen LogP) is 3.77. The molecule has 2 rings (SSSR count). The molecule has 18 heavy (non-hydrogen) atoms. The lowest BCUT2D eigenvalue weighted by atomic mass is 9.92. The molecule has 1 aliphatic rings. The minimum Gasteiger partial charge on any atom is -0.327 e. The van der Waals surface area contributed by atoms with E-state index in [1.165, 1.54) is 25.0 Å². The van der Waals surface area contributed by atoms with Gasteiger partial charge in [-0.1, -0.05) is 31.0 Å². The molecule has 2 N–H and O–H groups in total. The molecule has 0 amide bonds. The molecule has 100 valence electrons. The first-order chi connectivity index (χ1) is 8.47. The maximum Gasteiger partial charge on any atom is 0.416 e. The third-order valence-electron chi connectivity index (χ3n) is 3.73. The van der Waals surface area contributed by atoms with Crippen LogP contribution in [0.1, 0.15) is 36.8 Å². The van der Waals surface area contributed by atoms with Crippen LogP contribution in [0.5, 0.6) is 0 Å². The Balaban J connectivity index is 2.04. The van der Waals surface area contributed by atoms with Crippen molar-refractivity contribution in [2.45, 2.75) is 44.3 Å². The van der Waals surface area contributed by atoms with Crippen LogP contribution in [0.15, 0.2) is 24.3 Å². The maximum atomic E-state index is 12.6. The topological polar surface area (TPSA) is 26.0 Å². The smallest absolute Gasteiger partial charge is 0.327 e. The summed E-state index contributed by atoms with van der Waals surface area (Å²) in [6, 6.07) is 5.49. The van der Waals surface area contributed by atoms with E-state index in [1.54, 1.807) is 6.07 Å². The second-order valence-corrected chi connectivity index (χ2v) is 5.11. The minimum absolute atomic E-state index is 0.0176. The van der Waals surface area contributed by atoms with E-state index in [0.29, 0.717) is 17.9 Å². The van der Waals surface area contributed by atoms with E-state index in [1.807, 2.05) is 0 Å². The fraction of sp³-hybridized carbons (Fsp3) is 0.571. The summed E-state index contributed by atoms with van der Waals surface area (Å²) < 4.78 is 37.7. The first kappa shape index (κ1) is 13.4. The zero-order chi connectivity index (χ0) is 13.2. The van der Waals surface area contributed by atoms with E-state index >= 15 is 0 Å². The van der Waals surface area contributed by atoms with Crippen LogP contribution in [0.25, 0.3) is 0 Å². The minimum atomic E-state index is -4.27. The van der Waals surface area contributed by atoms with E-state index in [-0.39, 0.29) is 6.04 Å². The molecular weight excluding hydrogens is 239 g/mol. The van der Waals surface area contributed by atoms with Crippen LogP contribution in [-0.2, 0) is 12.6 Å². The van der Waals surface area contributed by atoms with Gasteiger partial charge in [-0.3, -0.25) is 0 Å². The summed E-state index contributed by atoms with van der Waals surface area (Å²) in [5.41, 5.74) is 6.19. The van der Waals surface area contributed by atoms with Crippen LogP contribution >= 0.6 is 0 Å². The third-order valence-corrected chi connectivity index (χ3v) is 3.73. The molecule has 0 spiro atoms. The molecule has 1 unspecified atom stereocenters. The summed E-state index contributed by atoms with van der Waals surface area (Å²) in [4.78, 5) is 0. The summed E-state index contributed by atoms with van der Waals surface area (Å²) in [7, 11) is 0. The molecule has 0 radical (unpaired) electrons. The second-order valence-electron chi connectivity index (χ2n) is 5.11. The van der Waals surface area contributed by atoms with E-state index in [9.17, 15) is 13.2 Å². The van der Waals surface area contributed by atoms with Crippen molar-refractivity contribution >= 4 is 0 Å². The van der Waals surface area contributed by atoms with Crippen molar-refractivity contribution in [1.29, 1.82) is 0 Å². The lowest BCUT2D eigenvalue weighted by Gasteiger charge is -2.19. The molecule has 1 fully saturated rings. The quantitative estimate of drug-likeness (QED) is 0.876. The van der Waals surface area contributed by atoms with Gasteiger partial charge in [0.15, 0.2) is 0 Å². The highest BCUT2D eigenvalue weighted by atomic mass is 19.4. The molecule has 0 aromatic heterocycles. The van der Waals surface area contributed by atoms with Gasteiger partial charge in [-0.2, -0.15) is 13.2 Å². The summed E-state index contributed by atoms with van der Waals surface area (Å²) >= 11 is 0. The summed E-state index contributed by atoms with van der Waals surface area (Å²) in [5.74, 6) is 0.472. The molecule has 1 aromatic rings. The highest BCUT2D eigenvalue weighted by Gasteiger charge is 2.30. The monoisotopic (exact) mass is 257 g/mol. The van der Waals surface area contributed by atoms with E-state index in [0.717, 1.165) is 18.9 Å². The van der Waals surface area contributed by atoms with Gasteiger partial charge in [0.05, 0.1) is 5.56 Å². The van der Waals surface area contributed by atoms with Gasteiger partial charge in [0, 0.05) is 6.04 Å². The van der Waals surface area contributed by atoms with Gasteiger partial charge < -0.3 is 5.73 Å². The zero-order valence-corrected chi connectivity index (χ0v) is 10.2. The molecule has 0 heterocycles. The number of alkyl halides is 3. The fourth-order valence-corrected chi connectivity index (χ4v) is 2.70. The molecule has 0 aliphatic heterocycles. The Kier molecular flexibility index (Phi) is 3.95. The molecule has 1 atom stereocenters. The van der Waals surface area contributed by atoms with Crippen LogP contribution in [-0.4, -0.2) is 6.04 Å². The summed E-state index contributed by atoms with van der Waals surface area (Å²) in [6.07, 6.45) is 0.879. The molecule has 1 aliphatic carbocycles. The number of rotatable bonds is 3. The lowest BCUT2D eigenvalue weighted by molar-refractivity contribution is -0.137. The van der Waals surface area contributed by atoms with Crippen LogP contribution < -0.4 is 5.73 Å². The Morgan fingerprint density at radius 1 is 1.22 bits per heavy atom. The van der Waals surface area contributed by atoms with Gasteiger partial charge in [-0.25, -0.2) is 0 Å². The van der Waals surface area contributed by atoms with Crippen molar-refractivity contribution in [2.24, 2.45) is 11.7 Å². The average molecular weight is 257 g/mol. The summed E-state index contributed by atoms with van der Waals surface area (Å²) in [6.45, 7) is 0. The number of halogens is 3. The third kappa shape index (κ3) is 3.25. The SMILES string of the molecule is NC(Cc1cccc(C(F)(F)F)c1)C1CCCC1. The lowest BCUT2D eigenvalue weighted by Crippen LogP contribution is -2.30. The van der Waals surface area contributed by atoms with Crippen molar-refractivity contribution in [2.75, 3.05) is 0 Å². The average Bonchev–Trinajstić information content (AvgIpc) is 2.81. The first-order valence-corrected chi connectivity index (χ1v) is 6.38. The number of benzene rings is 1. The van der Waals surface area contributed by atoms with Gasteiger partial charge >= 0.3 is 6.18 Å². The van der Waals surface area contributed by atoms with Gasteiger partial charge in [0.1, 0.15) is 0 Å². The van der Waals surface area contributed by atoms with E-state index in [4.69, 9.17) is 5.73 Å². The van der Waals surface area contributed by atoms with Crippen LogP contribution in [0, 0.1) is 5.92 Å². The fourth-order valence-electron chi connectivity index (χ4n) is 2.70. The van der Waals surface area contributed by atoms with Crippen LogP contribution in [0.2, 0.25) is 0 Å². The summed E-state index contributed by atoms with van der Waals surface area (Å²) in [5, 5.41) is 0. The highest BCUT2D eigenvalue weighted by molar-refractivity contribution is 5.26. The van der Waals surface area contributed by atoms with Crippen molar-refractivity contribution in [3.8, 4) is 0 Å². The predicted molar refractivity (Wildman–Crippen MR) is 65.1 cm³/mol. The van der Waals surface area contributed by atoms with Crippen molar-refractivity contribution < 1.29 is 13.2 Å². The number of nitrogens with two attached hydrogens (primary N) is 1. The molecule has 1 aromatic carbocycles. The Morgan fingerprint density at radius 2 is 1.89 bits per heavy atom. The van der Waals surface area contributed by atoms with Gasteiger partial charge in [-0.05, 0) is 36.8 Å². The zero-order valence-electron chi connectivity index (χ0n) is 10.2. The van der Waals surface area contributed by atoms with Gasteiger partial charge in [-0.15, -0.1) is 0 Å². The molecule has 0 saturated heterocycles. The highest BCUT2D eigenvalue weighted by Crippen LogP contribution is 2.31. The Labute approximate surface area is 105 Å². The molecule has 1 saturated carbocycles. The first-order valence-electron chi connectivity index (χ1n) is 6.38. The van der Waals surface area contributed by atoms with Crippen LogP contribution in [0.4, 0.5) is 13.2 Å². The second kappa shape index (κ2) is 5.31. The Hall–Kier alpha value is -1.03. The van der Waals surface area contributed by atoms with Gasteiger partial charge in [0.25, 0.3) is 0 Å². The number of hydrogen-bond acceptors (Lipinski definition) is 1. The Bertz CT molecular complexity index is 394. The molecule has 0 bridgehead atoms. The van der Waals surface area contributed by atoms with E-state index < -0.39 is 11.7 Å². The molecule has 1 nitrogen and oxygen atoms in total. The van der Waals surface area contributed by atoms with Crippen molar-refractivity contribution in [1.82, 2.24) is 0 Å². The maximum absolute atomic E-state index is 12.6. The number of hydrogen-bond donors (Lipinski definition) is 1. The van der Waals surface area contributed by atoms with E-state index in [2.05, 4.69) is 0 Å². The van der Waals surface area contributed by atoms with Crippen molar-refractivity contribution in [3.05, 3.63) is 35.4 Å².